The number of aliphatic imine (C=N–C) groups is 1. The lowest BCUT2D eigenvalue weighted by Gasteiger charge is -2.07. The summed E-state index contributed by atoms with van der Waals surface area (Å²) in [7, 11) is 1.83. The van der Waals surface area contributed by atoms with E-state index in [0.29, 0.717) is 16.3 Å². The van der Waals surface area contributed by atoms with Crippen molar-refractivity contribution in [1.29, 1.82) is 0 Å². The zero-order chi connectivity index (χ0) is 23.8. The van der Waals surface area contributed by atoms with Crippen molar-refractivity contribution in [3.8, 4) is 5.69 Å². The van der Waals surface area contributed by atoms with E-state index in [9.17, 15) is 9.59 Å². The van der Waals surface area contributed by atoms with Crippen LogP contribution in [-0.2, 0) is 7.05 Å². The normalized spacial score (nSPS) is 11.5. The van der Waals surface area contributed by atoms with Crippen molar-refractivity contribution in [1.82, 2.24) is 13.9 Å². The third-order valence-corrected chi connectivity index (χ3v) is 6.16. The Morgan fingerprint density at radius 3 is 2.35 bits per heavy atom. The molecule has 2 heterocycles. The average molecular weight is 469 g/mol. The number of benzene rings is 3. The van der Waals surface area contributed by atoms with Crippen LogP contribution < -0.4 is 5.56 Å². The number of rotatable bonds is 4. The summed E-state index contributed by atoms with van der Waals surface area (Å²) in [5.41, 5.74) is 3.69. The third kappa shape index (κ3) is 3.68. The smallest absolute Gasteiger partial charge is 0.283 e. The third-order valence-electron chi connectivity index (χ3n) is 5.91. The molecule has 0 bridgehead atoms. The molecule has 0 saturated carbocycles. The molecule has 0 aliphatic rings. The first-order valence-corrected chi connectivity index (χ1v) is 11.1. The van der Waals surface area contributed by atoms with Gasteiger partial charge in [-0.2, -0.15) is 0 Å². The lowest BCUT2D eigenvalue weighted by Crippen LogP contribution is -2.19. The fourth-order valence-electron chi connectivity index (χ4n) is 4.05. The molecular formula is C27H21ClN4O2. The second-order valence-corrected chi connectivity index (χ2v) is 8.39. The highest BCUT2D eigenvalue weighted by Gasteiger charge is 2.17. The van der Waals surface area contributed by atoms with E-state index in [4.69, 9.17) is 11.6 Å². The van der Waals surface area contributed by atoms with Gasteiger partial charge in [0.05, 0.1) is 16.9 Å². The van der Waals surface area contributed by atoms with E-state index in [0.717, 1.165) is 27.8 Å². The molecule has 0 spiro atoms. The molecular weight excluding hydrogens is 448 g/mol. The molecule has 3 aromatic carbocycles. The minimum absolute atomic E-state index is 0.171. The maximum atomic E-state index is 13.2. The van der Waals surface area contributed by atoms with Crippen molar-refractivity contribution in [2.75, 3.05) is 0 Å². The lowest BCUT2D eigenvalue weighted by molar-refractivity contribution is 0.0965. The van der Waals surface area contributed by atoms with Crippen LogP contribution in [0, 0.1) is 6.92 Å². The molecule has 5 aromatic rings. The van der Waals surface area contributed by atoms with Gasteiger partial charge in [-0.15, -0.1) is 0 Å². The summed E-state index contributed by atoms with van der Waals surface area (Å²) >= 11 is 5.97. The molecule has 0 aliphatic heterocycles. The predicted molar refractivity (Wildman–Crippen MR) is 136 cm³/mol. The van der Waals surface area contributed by atoms with Gasteiger partial charge in [-0.05, 0) is 49.4 Å². The highest BCUT2D eigenvalue weighted by molar-refractivity contribution is 6.30. The number of halogens is 1. The minimum Gasteiger partial charge on any atom is -0.283 e. The number of fused-ring (bicyclic) bond motifs is 1. The molecule has 7 heteroatoms. The van der Waals surface area contributed by atoms with Gasteiger partial charge >= 0.3 is 0 Å². The first-order chi connectivity index (χ1) is 16.5. The molecule has 5 rings (SSSR count). The van der Waals surface area contributed by atoms with E-state index < -0.39 is 0 Å². The number of hydrogen-bond acceptors (Lipinski definition) is 3. The molecule has 0 N–H and O–H groups in total. The van der Waals surface area contributed by atoms with Gasteiger partial charge in [-0.1, -0.05) is 48.0 Å². The van der Waals surface area contributed by atoms with Crippen molar-refractivity contribution in [3.63, 3.8) is 0 Å². The van der Waals surface area contributed by atoms with Crippen molar-refractivity contribution in [3.05, 3.63) is 117 Å². The van der Waals surface area contributed by atoms with Crippen molar-refractivity contribution >= 4 is 40.3 Å². The number of para-hydroxylation sites is 2. The second kappa shape index (κ2) is 8.65. The van der Waals surface area contributed by atoms with Crippen LogP contribution in [0.2, 0.25) is 5.02 Å². The van der Waals surface area contributed by atoms with Crippen LogP contribution in [0.3, 0.4) is 0 Å². The fraction of sp³-hybridized carbons (Fsp3) is 0.0741. The number of carbonyl (C=O) groups excluding carboxylic acids is 1. The lowest BCUT2D eigenvalue weighted by atomic mass is 10.2. The predicted octanol–water partition coefficient (Wildman–Crippen LogP) is 5.53. The molecule has 0 atom stereocenters. The van der Waals surface area contributed by atoms with Crippen LogP contribution in [0.4, 0.5) is 5.69 Å². The molecule has 168 valence electrons. The maximum Gasteiger partial charge on any atom is 0.297 e. The van der Waals surface area contributed by atoms with Crippen molar-refractivity contribution in [2.45, 2.75) is 6.92 Å². The Hall–Kier alpha value is -4.16. The van der Waals surface area contributed by atoms with Crippen LogP contribution in [0.15, 0.2) is 94.8 Å². The summed E-state index contributed by atoms with van der Waals surface area (Å²) in [5.74, 6) is -0.171. The topological polar surface area (TPSA) is 61.3 Å². The molecule has 0 aliphatic carbocycles. The van der Waals surface area contributed by atoms with Gasteiger partial charge in [0.15, 0.2) is 5.69 Å². The second-order valence-electron chi connectivity index (χ2n) is 7.95. The minimum atomic E-state index is -0.205. The van der Waals surface area contributed by atoms with Gasteiger partial charge in [-0.3, -0.25) is 18.8 Å². The highest BCUT2D eigenvalue weighted by Crippen LogP contribution is 2.23. The first kappa shape index (κ1) is 21.7. The Bertz CT molecular complexity index is 1610. The van der Waals surface area contributed by atoms with Crippen LogP contribution in [0.25, 0.3) is 16.6 Å². The summed E-state index contributed by atoms with van der Waals surface area (Å²) in [6.07, 6.45) is 3.39. The van der Waals surface area contributed by atoms with Crippen LogP contribution in [0.1, 0.15) is 21.6 Å². The van der Waals surface area contributed by atoms with Gasteiger partial charge < -0.3 is 0 Å². The molecule has 0 amide bonds. The Kier molecular flexibility index (Phi) is 5.51. The Morgan fingerprint density at radius 2 is 1.62 bits per heavy atom. The van der Waals surface area contributed by atoms with Crippen LogP contribution in [0.5, 0.6) is 0 Å². The monoisotopic (exact) mass is 468 g/mol. The molecule has 0 radical (unpaired) electrons. The van der Waals surface area contributed by atoms with Crippen LogP contribution in [-0.4, -0.2) is 26.1 Å². The summed E-state index contributed by atoms with van der Waals surface area (Å²) in [4.78, 5) is 30.9. The Balaban J connectivity index is 1.58. The molecule has 0 saturated heterocycles. The average Bonchev–Trinajstić information content (AvgIpc) is 3.33. The summed E-state index contributed by atoms with van der Waals surface area (Å²) in [6.45, 7) is 1.86. The van der Waals surface area contributed by atoms with E-state index in [2.05, 4.69) is 4.99 Å². The van der Waals surface area contributed by atoms with Crippen molar-refractivity contribution < 1.29 is 4.79 Å². The van der Waals surface area contributed by atoms with Gasteiger partial charge in [-0.25, -0.2) is 9.67 Å². The molecule has 34 heavy (non-hydrogen) atoms. The fourth-order valence-corrected chi connectivity index (χ4v) is 4.17. The zero-order valence-electron chi connectivity index (χ0n) is 18.6. The van der Waals surface area contributed by atoms with Crippen LogP contribution >= 0.6 is 11.6 Å². The van der Waals surface area contributed by atoms with E-state index in [1.165, 1.54) is 0 Å². The number of carbonyl (C=O) groups is 1. The van der Waals surface area contributed by atoms with E-state index >= 15 is 0 Å². The summed E-state index contributed by atoms with van der Waals surface area (Å²) < 4.78 is 4.98. The zero-order valence-corrected chi connectivity index (χ0v) is 19.4. The molecule has 0 fully saturated rings. The van der Waals surface area contributed by atoms with Gasteiger partial charge in [0.1, 0.15) is 0 Å². The van der Waals surface area contributed by atoms with E-state index in [1.54, 1.807) is 50.6 Å². The number of aromatic nitrogens is 3. The number of hydrogen-bond donors (Lipinski definition) is 0. The Morgan fingerprint density at radius 1 is 0.941 bits per heavy atom. The molecule has 2 aromatic heterocycles. The summed E-state index contributed by atoms with van der Waals surface area (Å²) in [5, 5.41) is 1.44. The van der Waals surface area contributed by atoms with E-state index in [1.807, 2.05) is 68.6 Å². The quantitative estimate of drug-likeness (QED) is 0.325. The summed E-state index contributed by atoms with van der Waals surface area (Å²) in [6, 6.07) is 23.8. The number of nitrogens with zero attached hydrogens (tertiary/aromatic N) is 4. The highest BCUT2D eigenvalue weighted by atomic mass is 35.5. The van der Waals surface area contributed by atoms with Crippen molar-refractivity contribution in [2.24, 2.45) is 12.0 Å². The SMILES string of the molecule is Cc1c(N=Cc2cn(C(=O)c3ccc(Cl)cc3)c3ccccc23)c(=O)n(-c2ccccc2)n1C. The van der Waals surface area contributed by atoms with Gasteiger partial charge in [0, 0.05) is 41.0 Å². The van der Waals surface area contributed by atoms with Gasteiger partial charge in [0.2, 0.25) is 0 Å². The van der Waals surface area contributed by atoms with E-state index in [-0.39, 0.29) is 11.5 Å². The van der Waals surface area contributed by atoms with Gasteiger partial charge in [0.25, 0.3) is 11.5 Å². The Labute approximate surface area is 201 Å². The molecule has 0 unspecified atom stereocenters. The largest absolute Gasteiger partial charge is 0.297 e. The molecule has 6 nitrogen and oxygen atoms in total. The standard InChI is InChI=1S/C27H21ClN4O2/c1-18-25(27(34)32(30(18)2)22-8-4-3-5-9-22)29-16-20-17-31(24-11-7-6-10-23(20)24)26(33)19-12-14-21(28)15-13-19/h3-17H,1-2H3. The first-order valence-electron chi connectivity index (χ1n) is 10.7. The maximum absolute atomic E-state index is 13.2.